The summed E-state index contributed by atoms with van der Waals surface area (Å²) < 4.78 is 5.27. The molecule has 0 radical (unpaired) electrons. The molecule has 1 aromatic rings. The number of carbonyl (C=O) groups excluding carboxylic acids is 1. The molecule has 0 heterocycles. The van der Waals surface area contributed by atoms with E-state index < -0.39 is 12.0 Å². The zero-order valence-electron chi connectivity index (χ0n) is 11.1. The predicted molar refractivity (Wildman–Crippen MR) is 70.9 cm³/mol. The van der Waals surface area contributed by atoms with Gasteiger partial charge in [0.1, 0.15) is 6.61 Å². The molecule has 0 aliphatic heterocycles. The number of hydrogen-bond acceptors (Lipinski definition) is 3. The van der Waals surface area contributed by atoms with Gasteiger partial charge in [-0.15, -0.1) is 0 Å². The molecule has 0 amide bonds. The van der Waals surface area contributed by atoms with Gasteiger partial charge in [0.15, 0.2) is 0 Å². The van der Waals surface area contributed by atoms with Crippen molar-refractivity contribution < 1.29 is 14.6 Å². The van der Waals surface area contributed by atoms with E-state index in [1.807, 2.05) is 44.2 Å². The Labute approximate surface area is 109 Å². The van der Waals surface area contributed by atoms with Crippen molar-refractivity contribution in [1.29, 1.82) is 0 Å². The maximum Gasteiger partial charge on any atom is 0.311 e. The highest BCUT2D eigenvalue weighted by molar-refractivity contribution is 5.73. The van der Waals surface area contributed by atoms with Gasteiger partial charge in [-0.1, -0.05) is 50.6 Å². The molecule has 0 bridgehead atoms. The van der Waals surface area contributed by atoms with Crippen LogP contribution in [0.2, 0.25) is 0 Å². The lowest BCUT2D eigenvalue weighted by molar-refractivity contribution is -0.154. The average molecular weight is 250 g/mol. The molecule has 3 nitrogen and oxygen atoms in total. The highest BCUT2D eigenvalue weighted by Crippen LogP contribution is 2.17. The number of aliphatic hydroxyl groups is 1. The summed E-state index contributed by atoms with van der Waals surface area (Å²) in [5, 5.41) is 9.82. The van der Waals surface area contributed by atoms with Crippen molar-refractivity contribution in [3.8, 4) is 0 Å². The molecule has 1 aromatic carbocycles. The molecule has 0 fully saturated rings. The zero-order chi connectivity index (χ0) is 13.4. The Balaban J connectivity index is 2.51. The van der Waals surface area contributed by atoms with Gasteiger partial charge < -0.3 is 9.84 Å². The van der Waals surface area contributed by atoms with Gasteiger partial charge in [0.25, 0.3) is 0 Å². The Bertz CT molecular complexity index is 348. The summed E-state index contributed by atoms with van der Waals surface area (Å²) in [6.07, 6.45) is 1.50. The lowest BCUT2D eigenvalue weighted by Gasteiger charge is -2.19. The van der Waals surface area contributed by atoms with Crippen molar-refractivity contribution in [2.75, 3.05) is 0 Å². The first-order chi connectivity index (χ1) is 8.69. The van der Waals surface area contributed by atoms with E-state index in [2.05, 4.69) is 0 Å². The first-order valence-corrected chi connectivity index (χ1v) is 6.57. The number of aliphatic hydroxyl groups excluding tert-OH is 1. The van der Waals surface area contributed by atoms with Crippen LogP contribution in [0.1, 0.15) is 38.7 Å². The minimum Gasteiger partial charge on any atom is -0.461 e. The molecule has 0 spiro atoms. The van der Waals surface area contributed by atoms with Crippen LogP contribution in [0.15, 0.2) is 30.3 Å². The van der Waals surface area contributed by atoms with Gasteiger partial charge in [-0.05, 0) is 18.4 Å². The van der Waals surface area contributed by atoms with Crippen molar-refractivity contribution in [1.82, 2.24) is 0 Å². The summed E-state index contributed by atoms with van der Waals surface area (Å²) in [7, 11) is 0. The summed E-state index contributed by atoms with van der Waals surface area (Å²) in [5.74, 6) is -0.696. The second-order valence-electron chi connectivity index (χ2n) is 4.46. The molecule has 0 aliphatic carbocycles. The van der Waals surface area contributed by atoms with Crippen LogP contribution in [0.5, 0.6) is 0 Å². The highest BCUT2D eigenvalue weighted by Gasteiger charge is 2.26. The highest BCUT2D eigenvalue weighted by atomic mass is 16.5. The topological polar surface area (TPSA) is 46.5 Å². The Morgan fingerprint density at radius 2 is 1.94 bits per heavy atom. The summed E-state index contributed by atoms with van der Waals surface area (Å²) in [4.78, 5) is 11.9. The van der Waals surface area contributed by atoms with E-state index >= 15 is 0 Å². The maximum atomic E-state index is 11.9. The van der Waals surface area contributed by atoms with E-state index in [9.17, 15) is 9.90 Å². The lowest BCUT2D eigenvalue weighted by atomic mass is 9.95. The van der Waals surface area contributed by atoms with Crippen LogP contribution in [-0.4, -0.2) is 17.2 Å². The van der Waals surface area contributed by atoms with Crippen LogP contribution < -0.4 is 0 Å². The molecule has 0 aliphatic rings. The number of rotatable bonds is 7. The first-order valence-electron chi connectivity index (χ1n) is 6.57. The van der Waals surface area contributed by atoms with Crippen LogP contribution in [0.4, 0.5) is 0 Å². The van der Waals surface area contributed by atoms with E-state index in [0.717, 1.165) is 12.0 Å². The molecule has 3 heteroatoms. The van der Waals surface area contributed by atoms with E-state index in [1.165, 1.54) is 0 Å². The van der Waals surface area contributed by atoms with Gasteiger partial charge in [0.05, 0.1) is 12.0 Å². The van der Waals surface area contributed by atoms with Gasteiger partial charge >= 0.3 is 5.97 Å². The minimum absolute atomic E-state index is 0.274. The number of ether oxygens (including phenoxy) is 1. The van der Waals surface area contributed by atoms with E-state index in [-0.39, 0.29) is 12.6 Å². The quantitative estimate of drug-likeness (QED) is 0.757. The van der Waals surface area contributed by atoms with Gasteiger partial charge in [-0.3, -0.25) is 4.79 Å². The molecule has 0 saturated heterocycles. The van der Waals surface area contributed by atoms with Crippen molar-refractivity contribution in [3.63, 3.8) is 0 Å². The van der Waals surface area contributed by atoms with Gasteiger partial charge in [0, 0.05) is 0 Å². The third-order valence-corrected chi connectivity index (χ3v) is 3.01. The summed E-state index contributed by atoms with van der Waals surface area (Å²) >= 11 is 0. The number of benzene rings is 1. The smallest absolute Gasteiger partial charge is 0.311 e. The Kier molecular flexibility index (Phi) is 6.44. The molecule has 100 valence electrons. The van der Waals surface area contributed by atoms with Crippen LogP contribution in [-0.2, 0) is 16.1 Å². The second-order valence-corrected chi connectivity index (χ2v) is 4.46. The van der Waals surface area contributed by atoms with Crippen molar-refractivity contribution in [2.45, 2.75) is 45.8 Å². The van der Waals surface area contributed by atoms with Crippen LogP contribution in [0.3, 0.4) is 0 Å². The Morgan fingerprint density at radius 3 is 2.50 bits per heavy atom. The monoisotopic (exact) mass is 250 g/mol. The summed E-state index contributed by atoms with van der Waals surface area (Å²) in [6.45, 7) is 4.15. The van der Waals surface area contributed by atoms with Crippen molar-refractivity contribution >= 4 is 5.97 Å². The average Bonchev–Trinajstić information content (AvgIpc) is 2.42. The fourth-order valence-electron chi connectivity index (χ4n) is 1.90. The molecule has 1 rings (SSSR count). The molecule has 0 aromatic heterocycles. The van der Waals surface area contributed by atoms with Crippen LogP contribution >= 0.6 is 0 Å². The normalized spacial score (nSPS) is 13.9. The maximum absolute atomic E-state index is 11.9. The van der Waals surface area contributed by atoms with Crippen molar-refractivity contribution in [2.24, 2.45) is 5.92 Å². The van der Waals surface area contributed by atoms with Gasteiger partial charge in [0.2, 0.25) is 0 Å². The fraction of sp³-hybridized carbons (Fsp3) is 0.533. The number of hydrogen-bond donors (Lipinski definition) is 1. The first kappa shape index (κ1) is 14.7. The standard InChI is InChI=1S/C15H22O3/c1-3-8-13(14(16)4-2)15(17)18-11-12-9-6-5-7-10-12/h5-7,9-10,13-14,16H,3-4,8,11H2,1-2H3. The zero-order valence-corrected chi connectivity index (χ0v) is 11.1. The fourth-order valence-corrected chi connectivity index (χ4v) is 1.90. The molecular formula is C15H22O3. The minimum atomic E-state index is -0.603. The molecule has 0 saturated carbocycles. The second kappa shape index (κ2) is 7.88. The van der Waals surface area contributed by atoms with Gasteiger partial charge in [-0.25, -0.2) is 0 Å². The molecule has 1 N–H and O–H groups in total. The van der Waals surface area contributed by atoms with E-state index in [1.54, 1.807) is 0 Å². The van der Waals surface area contributed by atoms with E-state index in [4.69, 9.17) is 4.74 Å². The van der Waals surface area contributed by atoms with Gasteiger partial charge in [-0.2, -0.15) is 0 Å². The molecule has 2 atom stereocenters. The largest absolute Gasteiger partial charge is 0.461 e. The molecular weight excluding hydrogens is 228 g/mol. The number of carbonyl (C=O) groups is 1. The SMILES string of the molecule is CCCC(C(=O)OCc1ccccc1)C(O)CC. The third kappa shape index (κ3) is 4.49. The lowest BCUT2D eigenvalue weighted by Crippen LogP contribution is -2.29. The number of esters is 1. The predicted octanol–water partition coefficient (Wildman–Crippen LogP) is 2.92. The van der Waals surface area contributed by atoms with Crippen molar-refractivity contribution in [3.05, 3.63) is 35.9 Å². The Hall–Kier alpha value is -1.35. The summed E-state index contributed by atoms with van der Waals surface area (Å²) in [5.41, 5.74) is 0.965. The van der Waals surface area contributed by atoms with Crippen LogP contribution in [0, 0.1) is 5.92 Å². The molecule has 2 unspecified atom stereocenters. The Morgan fingerprint density at radius 1 is 1.28 bits per heavy atom. The van der Waals surface area contributed by atoms with Crippen LogP contribution in [0.25, 0.3) is 0 Å². The molecule has 18 heavy (non-hydrogen) atoms. The third-order valence-electron chi connectivity index (χ3n) is 3.01. The van der Waals surface area contributed by atoms with E-state index in [0.29, 0.717) is 12.8 Å². The summed E-state index contributed by atoms with van der Waals surface area (Å²) in [6, 6.07) is 9.57.